The molecule has 0 unspecified atom stereocenters. The smallest absolute Gasteiger partial charge is 0.0456 e. The van der Waals surface area contributed by atoms with Gasteiger partial charge in [-0.05, 0) is 79.5 Å². The number of hydrogen-bond acceptors (Lipinski definition) is 1. The average Bonchev–Trinajstić information content (AvgIpc) is 3.48. The maximum atomic E-state index is 3.33. The number of H-pyrrole nitrogens is 1. The first-order valence-corrected chi connectivity index (χ1v) is 10.7. The SMILES string of the molecule is C.Cc1ccc2c(c1)C=CC2.Cc1ccc2c(c1)CCN2.Cc1ccc2cc[nH]c2c1. The molecule has 2 nitrogen and oxygen atoms in total. The molecule has 2 aliphatic rings. The van der Waals surface area contributed by atoms with E-state index in [4.69, 9.17) is 0 Å². The van der Waals surface area contributed by atoms with Gasteiger partial charge in [0.15, 0.2) is 0 Å². The molecule has 0 fully saturated rings. The molecular formula is C29H34N2. The summed E-state index contributed by atoms with van der Waals surface area (Å²) < 4.78 is 0. The normalized spacial score (nSPS) is 12.5. The van der Waals surface area contributed by atoms with E-state index in [9.17, 15) is 0 Å². The Kier molecular flexibility index (Phi) is 7.36. The molecule has 2 heteroatoms. The number of rotatable bonds is 0. The first kappa shape index (κ1) is 22.4. The molecule has 2 N–H and O–H groups in total. The monoisotopic (exact) mass is 410 g/mol. The molecule has 0 atom stereocenters. The lowest BCUT2D eigenvalue weighted by Gasteiger charge is -1.98. The van der Waals surface area contributed by atoms with E-state index in [0.29, 0.717) is 0 Å². The summed E-state index contributed by atoms with van der Waals surface area (Å²) in [4.78, 5) is 3.16. The number of aromatic amines is 1. The second-order valence-corrected chi connectivity index (χ2v) is 8.21. The van der Waals surface area contributed by atoms with Gasteiger partial charge in [-0.2, -0.15) is 0 Å². The lowest BCUT2D eigenvalue weighted by molar-refractivity contribution is 1.10. The Balaban J connectivity index is 0.000000130. The van der Waals surface area contributed by atoms with Crippen molar-refractivity contribution >= 4 is 22.7 Å². The van der Waals surface area contributed by atoms with Gasteiger partial charge in [-0.1, -0.05) is 73.2 Å². The van der Waals surface area contributed by atoms with Crippen LogP contribution in [-0.2, 0) is 12.8 Å². The van der Waals surface area contributed by atoms with Crippen LogP contribution < -0.4 is 5.32 Å². The van der Waals surface area contributed by atoms with E-state index in [1.165, 1.54) is 56.4 Å². The Morgan fingerprint density at radius 2 is 1.48 bits per heavy atom. The molecule has 0 saturated carbocycles. The van der Waals surface area contributed by atoms with Gasteiger partial charge < -0.3 is 10.3 Å². The fourth-order valence-corrected chi connectivity index (χ4v) is 3.96. The van der Waals surface area contributed by atoms with Crippen molar-refractivity contribution in [1.29, 1.82) is 0 Å². The van der Waals surface area contributed by atoms with E-state index in [-0.39, 0.29) is 7.43 Å². The predicted octanol–water partition coefficient (Wildman–Crippen LogP) is 7.64. The molecule has 0 saturated heterocycles. The highest BCUT2D eigenvalue weighted by molar-refractivity contribution is 5.79. The maximum absolute atomic E-state index is 3.33. The fraction of sp³-hybridized carbons (Fsp3) is 0.241. The summed E-state index contributed by atoms with van der Waals surface area (Å²) in [5.41, 5.74) is 10.9. The van der Waals surface area contributed by atoms with Crippen molar-refractivity contribution in [3.05, 3.63) is 106 Å². The second-order valence-electron chi connectivity index (χ2n) is 8.21. The largest absolute Gasteiger partial charge is 0.384 e. The van der Waals surface area contributed by atoms with E-state index in [1.54, 1.807) is 0 Å². The number of aromatic nitrogens is 1. The lowest BCUT2D eigenvalue weighted by Crippen LogP contribution is -1.90. The van der Waals surface area contributed by atoms with E-state index in [2.05, 4.69) is 104 Å². The van der Waals surface area contributed by atoms with Gasteiger partial charge in [-0.3, -0.25) is 0 Å². The highest BCUT2D eigenvalue weighted by Crippen LogP contribution is 2.22. The Morgan fingerprint density at radius 1 is 0.742 bits per heavy atom. The third-order valence-corrected chi connectivity index (χ3v) is 5.62. The second kappa shape index (κ2) is 10.2. The molecule has 31 heavy (non-hydrogen) atoms. The van der Waals surface area contributed by atoms with Crippen LogP contribution in [0, 0.1) is 20.8 Å². The van der Waals surface area contributed by atoms with Crippen LogP contribution in [0.5, 0.6) is 0 Å². The third-order valence-electron chi connectivity index (χ3n) is 5.62. The zero-order valence-corrected chi connectivity index (χ0v) is 18.1. The number of fused-ring (bicyclic) bond motifs is 3. The Bertz CT molecular complexity index is 1170. The highest BCUT2D eigenvalue weighted by Gasteiger charge is 2.07. The number of benzene rings is 3. The molecule has 0 radical (unpaired) electrons. The first-order chi connectivity index (χ1) is 14.6. The first-order valence-electron chi connectivity index (χ1n) is 10.7. The summed E-state index contributed by atoms with van der Waals surface area (Å²) in [7, 11) is 0. The Hall–Kier alpha value is -3.26. The minimum Gasteiger partial charge on any atom is -0.384 e. The standard InChI is InChI=1S/C10H10.C9H11N.C9H9N.CH4/c1-8-5-6-9-3-2-4-10(9)7-8;1-7-2-3-9-8(6-7)4-5-10-9;1-7-2-3-8-4-5-10-9(8)6-7;/h2,4-7H,3H2,1H3;2-3,6,10H,4-5H2,1H3;2-6,10H,1H3;1H4. The number of nitrogens with one attached hydrogen (secondary N) is 2. The summed E-state index contributed by atoms with van der Waals surface area (Å²) in [5, 5.41) is 4.61. The quantitative estimate of drug-likeness (QED) is 0.306. The third kappa shape index (κ3) is 5.67. The van der Waals surface area contributed by atoms with Crippen LogP contribution in [0.4, 0.5) is 5.69 Å². The summed E-state index contributed by atoms with van der Waals surface area (Å²) in [5.74, 6) is 0. The van der Waals surface area contributed by atoms with Crippen molar-refractivity contribution in [3.8, 4) is 0 Å². The molecule has 0 spiro atoms. The minimum absolute atomic E-state index is 0. The molecule has 1 aromatic heterocycles. The molecule has 160 valence electrons. The van der Waals surface area contributed by atoms with Gasteiger partial charge in [-0.15, -0.1) is 0 Å². The summed E-state index contributed by atoms with van der Waals surface area (Å²) >= 11 is 0. The van der Waals surface area contributed by atoms with Gasteiger partial charge in [0.2, 0.25) is 0 Å². The number of allylic oxidation sites excluding steroid dienone is 1. The van der Waals surface area contributed by atoms with Gasteiger partial charge in [0.05, 0.1) is 0 Å². The van der Waals surface area contributed by atoms with Crippen LogP contribution in [0.3, 0.4) is 0 Å². The van der Waals surface area contributed by atoms with Gasteiger partial charge >= 0.3 is 0 Å². The zero-order valence-electron chi connectivity index (χ0n) is 18.1. The van der Waals surface area contributed by atoms with Crippen molar-refractivity contribution < 1.29 is 0 Å². The molecule has 4 aromatic rings. The van der Waals surface area contributed by atoms with Crippen molar-refractivity contribution in [2.45, 2.75) is 41.0 Å². The van der Waals surface area contributed by atoms with E-state index >= 15 is 0 Å². The van der Waals surface area contributed by atoms with Crippen LogP contribution in [0.1, 0.15) is 40.8 Å². The van der Waals surface area contributed by atoms with Crippen LogP contribution in [0.2, 0.25) is 0 Å². The van der Waals surface area contributed by atoms with Crippen molar-refractivity contribution in [1.82, 2.24) is 4.98 Å². The average molecular weight is 411 g/mol. The summed E-state index contributed by atoms with van der Waals surface area (Å²) in [6.07, 6.45) is 8.68. The molecule has 1 aliphatic carbocycles. The lowest BCUT2D eigenvalue weighted by atomic mass is 10.1. The minimum atomic E-state index is 0. The van der Waals surface area contributed by atoms with Gasteiger partial charge in [0, 0.05) is 23.9 Å². The maximum Gasteiger partial charge on any atom is 0.0456 e. The van der Waals surface area contributed by atoms with E-state index in [0.717, 1.165) is 13.0 Å². The Labute approximate surface area is 187 Å². The van der Waals surface area contributed by atoms with Crippen molar-refractivity contribution in [2.75, 3.05) is 11.9 Å². The van der Waals surface area contributed by atoms with Crippen LogP contribution in [0.15, 0.2) is 72.9 Å². The topological polar surface area (TPSA) is 27.8 Å². The van der Waals surface area contributed by atoms with Crippen molar-refractivity contribution in [2.24, 2.45) is 0 Å². The predicted molar refractivity (Wildman–Crippen MR) is 137 cm³/mol. The van der Waals surface area contributed by atoms with Gasteiger partial charge in [0.25, 0.3) is 0 Å². The summed E-state index contributed by atoms with van der Waals surface area (Å²) in [6, 6.07) is 21.7. The molecule has 3 aromatic carbocycles. The van der Waals surface area contributed by atoms with Crippen LogP contribution in [0.25, 0.3) is 17.0 Å². The molecule has 0 bridgehead atoms. The zero-order chi connectivity index (χ0) is 20.9. The van der Waals surface area contributed by atoms with E-state index in [1.807, 2.05) is 6.20 Å². The molecule has 2 heterocycles. The van der Waals surface area contributed by atoms with Gasteiger partial charge in [-0.25, -0.2) is 0 Å². The molecule has 0 amide bonds. The van der Waals surface area contributed by atoms with Gasteiger partial charge in [0.1, 0.15) is 0 Å². The number of hydrogen-bond donors (Lipinski definition) is 2. The van der Waals surface area contributed by atoms with Crippen LogP contribution >= 0.6 is 0 Å². The highest BCUT2D eigenvalue weighted by atomic mass is 14.9. The fourth-order valence-electron chi connectivity index (χ4n) is 3.96. The van der Waals surface area contributed by atoms with E-state index < -0.39 is 0 Å². The number of aryl methyl sites for hydroxylation is 3. The molecular weight excluding hydrogens is 376 g/mol. The Morgan fingerprint density at radius 3 is 2.35 bits per heavy atom. The van der Waals surface area contributed by atoms with Crippen molar-refractivity contribution in [3.63, 3.8) is 0 Å². The molecule has 1 aliphatic heterocycles. The summed E-state index contributed by atoms with van der Waals surface area (Å²) in [6.45, 7) is 7.48. The number of anilines is 1. The molecule has 6 rings (SSSR count). The van der Waals surface area contributed by atoms with Crippen LogP contribution in [-0.4, -0.2) is 11.5 Å².